The Morgan fingerprint density at radius 2 is 2.00 bits per heavy atom. The Hall–Kier alpha value is -1.85. The number of rotatable bonds is 7. The third kappa shape index (κ3) is 4.46. The van der Waals surface area contributed by atoms with Crippen molar-refractivity contribution in [2.75, 3.05) is 19.6 Å². The summed E-state index contributed by atoms with van der Waals surface area (Å²) < 4.78 is 2.02. The van der Waals surface area contributed by atoms with Gasteiger partial charge in [-0.25, -0.2) is 4.98 Å². The molecule has 1 aromatic heterocycles. The van der Waals surface area contributed by atoms with Gasteiger partial charge in [-0.1, -0.05) is 26.2 Å². The standard InChI is InChI=1S/C20H32N4O2/c1-2-3-4-6-11-21-19(25)18-17-10-9-16(14-24(17)15-22-18)20(26)23-12-7-5-8-13-23/h15-16H,2-14H2,1H3,(H,21,25). The van der Waals surface area contributed by atoms with E-state index in [0.29, 0.717) is 18.8 Å². The molecule has 0 bridgehead atoms. The molecule has 1 aromatic rings. The third-order valence-electron chi connectivity index (χ3n) is 5.64. The number of unbranched alkanes of at least 4 members (excludes halogenated alkanes) is 3. The van der Waals surface area contributed by atoms with Crippen LogP contribution in [0.2, 0.25) is 0 Å². The van der Waals surface area contributed by atoms with Gasteiger partial charge >= 0.3 is 0 Å². The van der Waals surface area contributed by atoms with Gasteiger partial charge in [0.25, 0.3) is 5.91 Å². The van der Waals surface area contributed by atoms with Crippen LogP contribution < -0.4 is 5.32 Å². The van der Waals surface area contributed by atoms with Gasteiger partial charge in [0.05, 0.1) is 17.9 Å². The number of aromatic nitrogens is 2. The second-order valence-electron chi connectivity index (χ2n) is 7.63. The fraction of sp³-hybridized carbons (Fsp3) is 0.750. The smallest absolute Gasteiger partial charge is 0.271 e. The molecule has 2 aliphatic rings. The zero-order valence-corrected chi connectivity index (χ0v) is 16.0. The monoisotopic (exact) mass is 360 g/mol. The van der Waals surface area contributed by atoms with E-state index < -0.39 is 0 Å². The zero-order chi connectivity index (χ0) is 18.4. The van der Waals surface area contributed by atoms with Crippen LogP contribution in [0.1, 0.15) is 74.5 Å². The second-order valence-corrected chi connectivity index (χ2v) is 7.63. The van der Waals surface area contributed by atoms with Crippen molar-refractivity contribution < 1.29 is 9.59 Å². The van der Waals surface area contributed by atoms with Crippen molar-refractivity contribution in [3.05, 3.63) is 17.7 Å². The summed E-state index contributed by atoms with van der Waals surface area (Å²) in [7, 11) is 0. The number of amides is 2. The van der Waals surface area contributed by atoms with E-state index in [0.717, 1.165) is 57.3 Å². The molecule has 0 saturated carbocycles. The Bertz CT molecular complexity index is 619. The van der Waals surface area contributed by atoms with Crippen LogP contribution in [0.15, 0.2) is 6.33 Å². The minimum absolute atomic E-state index is 0.0276. The highest BCUT2D eigenvalue weighted by Gasteiger charge is 2.31. The van der Waals surface area contributed by atoms with E-state index in [1.165, 1.54) is 19.3 Å². The van der Waals surface area contributed by atoms with E-state index in [-0.39, 0.29) is 17.7 Å². The molecule has 2 aliphatic heterocycles. The van der Waals surface area contributed by atoms with Crippen LogP contribution >= 0.6 is 0 Å². The van der Waals surface area contributed by atoms with Gasteiger partial charge in [0.1, 0.15) is 5.69 Å². The van der Waals surface area contributed by atoms with Gasteiger partial charge in [0, 0.05) is 26.2 Å². The molecule has 0 spiro atoms. The molecule has 0 aromatic carbocycles. The molecule has 3 heterocycles. The summed E-state index contributed by atoms with van der Waals surface area (Å²) in [6.45, 7) is 5.34. The second kappa shape index (κ2) is 9.19. The van der Waals surface area contributed by atoms with Crippen LogP contribution in [-0.4, -0.2) is 45.9 Å². The summed E-state index contributed by atoms with van der Waals surface area (Å²) >= 11 is 0. The summed E-state index contributed by atoms with van der Waals surface area (Å²) in [5.41, 5.74) is 1.53. The predicted molar refractivity (Wildman–Crippen MR) is 101 cm³/mol. The number of carbonyl (C=O) groups excluding carboxylic acids is 2. The molecule has 2 amide bonds. The van der Waals surface area contributed by atoms with Crippen LogP contribution in [0.5, 0.6) is 0 Å². The molecule has 1 atom stereocenters. The fourth-order valence-electron chi connectivity index (χ4n) is 4.07. The van der Waals surface area contributed by atoms with E-state index in [1.54, 1.807) is 6.33 Å². The van der Waals surface area contributed by atoms with E-state index in [2.05, 4.69) is 17.2 Å². The molecule has 26 heavy (non-hydrogen) atoms. The molecule has 1 saturated heterocycles. The van der Waals surface area contributed by atoms with E-state index in [9.17, 15) is 9.59 Å². The minimum atomic E-state index is -0.0731. The van der Waals surface area contributed by atoms with Crippen molar-refractivity contribution in [1.29, 1.82) is 0 Å². The van der Waals surface area contributed by atoms with Gasteiger partial charge < -0.3 is 14.8 Å². The van der Waals surface area contributed by atoms with Gasteiger partial charge in [-0.15, -0.1) is 0 Å². The summed E-state index contributed by atoms with van der Waals surface area (Å²) in [5.74, 6) is 0.238. The maximum atomic E-state index is 12.7. The highest BCUT2D eigenvalue weighted by atomic mass is 16.2. The van der Waals surface area contributed by atoms with E-state index in [1.807, 2.05) is 9.47 Å². The Kier molecular flexibility index (Phi) is 6.69. The van der Waals surface area contributed by atoms with Gasteiger partial charge in [0.2, 0.25) is 5.91 Å². The van der Waals surface area contributed by atoms with Gasteiger partial charge in [-0.2, -0.15) is 0 Å². The predicted octanol–water partition coefficient (Wildman–Crippen LogP) is 2.77. The minimum Gasteiger partial charge on any atom is -0.351 e. The van der Waals surface area contributed by atoms with Crippen molar-refractivity contribution in [3.63, 3.8) is 0 Å². The van der Waals surface area contributed by atoms with Crippen molar-refractivity contribution >= 4 is 11.8 Å². The number of hydrogen-bond acceptors (Lipinski definition) is 3. The molecule has 0 radical (unpaired) electrons. The average Bonchev–Trinajstić information content (AvgIpc) is 3.11. The lowest BCUT2D eigenvalue weighted by Gasteiger charge is -2.32. The van der Waals surface area contributed by atoms with Crippen LogP contribution in [0, 0.1) is 5.92 Å². The lowest BCUT2D eigenvalue weighted by atomic mass is 9.94. The van der Waals surface area contributed by atoms with Crippen LogP contribution in [0.25, 0.3) is 0 Å². The first-order chi connectivity index (χ1) is 12.7. The maximum absolute atomic E-state index is 12.7. The molecule has 1 unspecified atom stereocenters. The molecule has 3 rings (SSSR count). The van der Waals surface area contributed by atoms with Crippen molar-refractivity contribution in [3.8, 4) is 0 Å². The van der Waals surface area contributed by atoms with Crippen LogP contribution in [0.3, 0.4) is 0 Å². The largest absolute Gasteiger partial charge is 0.351 e. The fourth-order valence-corrected chi connectivity index (χ4v) is 4.07. The Morgan fingerprint density at radius 1 is 1.19 bits per heavy atom. The Labute approximate surface area is 156 Å². The summed E-state index contributed by atoms with van der Waals surface area (Å²) in [6, 6.07) is 0. The van der Waals surface area contributed by atoms with Crippen molar-refractivity contribution in [1.82, 2.24) is 19.8 Å². The third-order valence-corrected chi connectivity index (χ3v) is 5.64. The van der Waals surface area contributed by atoms with Crippen LogP contribution in [0.4, 0.5) is 0 Å². The molecule has 6 heteroatoms. The molecule has 1 fully saturated rings. The lowest BCUT2D eigenvalue weighted by molar-refractivity contribution is -0.137. The summed E-state index contributed by atoms with van der Waals surface area (Å²) in [6.07, 6.45) is 11.4. The lowest BCUT2D eigenvalue weighted by Crippen LogP contribution is -2.42. The number of carbonyl (C=O) groups is 2. The first-order valence-electron chi connectivity index (χ1n) is 10.3. The topological polar surface area (TPSA) is 67.2 Å². The number of likely N-dealkylation sites (tertiary alicyclic amines) is 1. The van der Waals surface area contributed by atoms with Gasteiger partial charge in [-0.05, 0) is 38.5 Å². The Morgan fingerprint density at radius 3 is 2.77 bits per heavy atom. The van der Waals surface area contributed by atoms with Crippen molar-refractivity contribution in [2.24, 2.45) is 5.92 Å². The molecule has 144 valence electrons. The number of nitrogens with one attached hydrogen (secondary N) is 1. The van der Waals surface area contributed by atoms with Gasteiger partial charge in [0.15, 0.2) is 0 Å². The van der Waals surface area contributed by atoms with Gasteiger partial charge in [-0.3, -0.25) is 9.59 Å². The number of fused-ring (bicyclic) bond motifs is 1. The Balaban J connectivity index is 1.54. The molecular formula is C20H32N4O2. The summed E-state index contributed by atoms with van der Waals surface area (Å²) in [5, 5.41) is 2.99. The zero-order valence-electron chi connectivity index (χ0n) is 16.0. The van der Waals surface area contributed by atoms with E-state index in [4.69, 9.17) is 0 Å². The quantitative estimate of drug-likeness (QED) is 0.760. The first-order valence-corrected chi connectivity index (χ1v) is 10.3. The number of piperidine rings is 1. The maximum Gasteiger partial charge on any atom is 0.271 e. The molecule has 6 nitrogen and oxygen atoms in total. The highest BCUT2D eigenvalue weighted by molar-refractivity contribution is 5.93. The number of hydrogen-bond donors (Lipinski definition) is 1. The molecule has 0 aliphatic carbocycles. The number of nitrogens with zero attached hydrogens (tertiary/aromatic N) is 3. The van der Waals surface area contributed by atoms with Crippen molar-refractivity contribution in [2.45, 2.75) is 71.3 Å². The van der Waals surface area contributed by atoms with E-state index >= 15 is 0 Å². The normalized spacial score (nSPS) is 19.9. The molecule has 1 N–H and O–H groups in total. The SMILES string of the molecule is CCCCCCNC(=O)c1ncn2c1CCC(C(=O)N1CCCCC1)C2. The summed E-state index contributed by atoms with van der Waals surface area (Å²) in [4.78, 5) is 31.5. The first kappa shape index (κ1) is 18.9. The van der Waals surface area contributed by atoms with Crippen LogP contribution in [-0.2, 0) is 17.8 Å². The number of imidazole rings is 1. The highest BCUT2D eigenvalue weighted by Crippen LogP contribution is 2.25. The molecular weight excluding hydrogens is 328 g/mol. The average molecular weight is 361 g/mol.